The number of hydrogen-bond donors (Lipinski definition) is 0. The van der Waals surface area contributed by atoms with Gasteiger partial charge < -0.3 is 9.47 Å². The quantitative estimate of drug-likeness (QED) is 0.353. The monoisotopic (exact) mass is 319 g/mol. The van der Waals surface area contributed by atoms with Crippen LogP contribution in [0, 0.1) is 15.9 Å². The Kier molecular flexibility index (Phi) is 5.24. The highest BCUT2D eigenvalue weighted by molar-refractivity contribution is 5.74. The van der Waals surface area contributed by atoms with Gasteiger partial charge in [-0.3, -0.25) is 14.9 Å². The molecule has 6 nitrogen and oxygen atoms in total. The van der Waals surface area contributed by atoms with E-state index in [1.807, 2.05) is 0 Å². The second-order valence-electron chi connectivity index (χ2n) is 4.69. The summed E-state index contributed by atoms with van der Waals surface area (Å²) in [5.74, 6) is -0.810. The molecule has 0 aliphatic carbocycles. The number of benzene rings is 2. The fraction of sp³-hybridized carbons (Fsp3) is 0.188. The summed E-state index contributed by atoms with van der Waals surface area (Å²) >= 11 is 0. The zero-order valence-corrected chi connectivity index (χ0v) is 12.3. The van der Waals surface area contributed by atoms with E-state index in [0.29, 0.717) is 12.2 Å². The maximum absolute atomic E-state index is 12.8. The number of ether oxygens (including phenoxy) is 2. The summed E-state index contributed by atoms with van der Waals surface area (Å²) < 4.78 is 22.7. The maximum atomic E-state index is 12.8. The van der Waals surface area contributed by atoms with Crippen LogP contribution < -0.4 is 9.47 Å². The lowest BCUT2D eigenvalue weighted by molar-refractivity contribution is -0.385. The molecule has 0 saturated heterocycles. The van der Waals surface area contributed by atoms with Crippen LogP contribution >= 0.6 is 0 Å². The number of rotatable bonds is 6. The number of halogens is 1. The Morgan fingerprint density at radius 1 is 1.22 bits per heavy atom. The normalized spacial score (nSPS) is 10.2. The van der Waals surface area contributed by atoms with Gasteiger partial charge in [0.05, 0.1) is 18.1 Å². The van der Waals surface area contributed by atoms with Gasteiger partial charge in [0.2, 0.25) is 5.75 Å². The highest BCUT2D eigenvalue weighted by atomic mass is 19.1. The van der Waals surface area contributed by atoms with Gasteiger partial charge in [-0.25, -0.2) is 4.39 Å². The van der Waals surface area contributed by atoms with E-state index < -0.39 is 10.9 Å². The minimum Gasteiger partial charge on any atom is -0.496 e. The first-order valence-electron chi connectivity index (χ1n) is 6.77. The molecule has 7 heteroatoms. The van der Waals surface area contributed by atoms with Crippen molar-refractivity contribution < 1.29 is 23.6 Å². The van der Waals surface area contributed by atoms with Crippen LogP contribution in [0.4, 0.5) is 10.1 Å². The van der Waals surface area contributed by atoms with Crippen molar-refractivity contribution in [3.8, 4) is 11.5 Å². The van der Waals surface area contributed by atoms with Gasteiger partial charge in [0.25, 0.3) is 0 Å². The summed E-state index contributed by atoms with van der Waals surface area (Å²) in [6, 6.07) is 9.70. The number of esters is 1. The van der Waals surface area contributed by atoms with Crippen LogP contribution in [0.15, 0.2) is 42.5 Å². The number of carbonyl (C=O) groups is 1. The summed E-state index contributed by atoms with van der Waals surface area (Å²) in [6.07, 6.45) is 0.373. The van der Waals surface area contributed by atoms with E-state index in [2.05, 4.69) is 0 Å². The maximum Gasteiger partial charge on any atom is 0.315 e. The molecule has 0 aromatic heterocycles. The van der Waals surface area contributed by atoms with Crippen molar-refractivity contribution in [2.45, 2.75) is 12.8 Å². The summed E-state index contributed by atoms with van der Waals surface area (Å²) in [6.45, 7) is 0. The third kappa shape index (κ3) is 4.50. The first kappa shape index (κ1) is 16.4. The van der Waals surface area contributed by atoms with Crippen molar-refractivity contribution in [2.75, 3.05) is 7.11 Å². The van der Waals surface area contributed by atoms with Crippen molar-refractivity contribution >= 4 is 11.7 Å². The Labute approximate surface area is 131 Å². The van der Waals surface area contributed by atoms with Gasteiger partial charge in [-0.1, -0.05) is 12.1 Å². The molecule has 0 aliphatic rings. The lowest BCUT2D eigenvalue weighted by atomic mass is 10.1. The van der Waals surface area contributed by atoms with Gasteiger partial charge in [0, 0.05) is 6.42 Å². The second-order valence-corrected chi connectivity index (χ2v) is 4.69. The van der Waals surface area contributed by atoms with Gasteiger partial charge in [-0.2, -0.15) is 0 Å². The Bertz CT molecular complexity index is 715. The van der Waals surface area contributed by atoms with Gasteiger partial charge in [-0.15, -0.1) is 0 Å². The van der Waals surface area contributed by atoms with E-state index in [0.717, 1.165) is 5.56 Å². The molecule has 0 atom stereocenters. The van der Waals surface area contributed by atoms with Crippen LogP contribution in [0.1, 0.15) is 12.0 Å². The molecule has 0 heterocycles. The fourth-order valence-corrected chi connectivity index (χ4v) is 1.92. The number of carbonyl (C=O) groups excluding carboxylic acids is 1. The first-order chi connectivity index (χ1) is 11.0. The standard InChI is InChI=1S/C16H14FNO5/c1-22-13-7-8-15(14(10-13)18(20)21)23-16(19)9-4-11-2-5-12(17)6-3-11/h2-3,5-8,10H,4,9H2,1H3. The van der Waals surface area contributed by atoms with Crippen molar-refractivity contribution in [1.29, 1.82) is 0 Å². The summed E-state index contributed by atoms with van der Waals surface area (Å²) in [5.41, 5.74) is 0.423. The summed E-state index contributed by atoms with van der Waals surface area (Å²) in [4.78, 5) is 22.2. The molecule has 0 amide bonds. The second kappa shape index (κ2) is 7.35. The third-order valence-corrected chi connectivity index (χ3v) is 3.12. The largest absolute Gasteiger partial charge is 0.496 e. The van der Waals surface area contributed by atoms with E-state index >= 15 is 0 Å². The summed E-state index contributed by atoms with van der Waals surface area (Å²) in [5, 5.41) is 11.0. The minimum atomic E-state index is -0.648. The third-order valence-electron chi connectivity index (χ3n) is 3.12. The topological polar surface area (TPSA) is 78.7 Å². The molecule has 2 rings (SSSR count). The van der Waals surface area contributed by atoms with E-state index in [-0.39, 0.29) is 23.7 Å². The zero-order chi connectivity index (χ0) is 16.8. The van der Waals surface area contributed by atoms with Crippen LogP contribution in [-0.4, -0.2) is 18.0 Å². The molecule has 0 aliphatic heterocycles. The molecule has 0 spiro atoms. The molecule has 2 aromatic rings. The van der Waals surface area contributed by atoms with Crippen molar-refractivity contribution in [1.82, 2.24) is 0 Å². The van der Waals surface area contributed by atoms with Crippen molar-refractivity contribution in [3.63, 3.8) is 0 Å². The summed E-state index contributed by atoms with van der Waals surface area (Å²) in [7, 11) is 1.38. The molecule has 120 valence electrons. The fourth-order valence-electron chi connectivity index (χ4n) is 1.92. The molecular weight excluding hydrogens is 305 g/mol. The van der Waals surface area contributed by atoms with Gasteiger partial charge in [0.15, 0.2) is 0 Å². The molecule has 23 heavy (non-hydrogen) atoms. The SMILES string of the molecule is COc1ccc(OC(=O)CCc2ccc(F)cc2)c([N+](=O)[O-])c1. The Balaban J connectivity index is 2.02. The first-order valence-corrected chi connectivity index (χ1v) is 6.77. The number of methoxy groups -OCH3 is 1. The highest BCUT2D eigenvalue weighted by Gasteiger charge is 2.19. The highest BCUT2D eigenvalue weighted by Crippen LogP contribution is 2.31. The van der Waals surface area contributed by atoms with Crippen LogP contribution in [0.25, 0.3) is 0 Å². The predicted octanol–water partition coefficient (Wildman–Crippen LogP) is 3.28. The number of nitro benzene ring substituents is 1. The molecular formula is C16H14FNO5. The Morgan fingerprint density at radius 2 is 1.91 bits per heavy atom. The molecule has 0 radical (unpaired) electrons. The van der Waals surface area contributed by atoms with E-state index in [4.69, 9.17) is 9.47 Å². The smallest absolute Gasteiger partial charge is 0.315 e. The van der Waals surface area contributed by atoms with Crippen molar-refractivity contribution in [2.24, 2.45) is 0 Å². The van der Waals surface area contributed by atoms with Crippen LogP contribution in [0.5, 0.6) is 11.5 Å². The number of hydrogen-bond acceptors (Lipinski definition) is 5. The number of nitro groups is 1. The van der Waals surface area contributed by atoms with Crippen LogP contribution in [0.3, 0.4) is 0 Å². The minimum absolute atomic E-state index is 0.0226. The van der Waals surface area contributed by atoms with E-state index in [1.165, 1.54) is 37.4 Å². The van der Waals surface area contributed by atoms with Crippen LogP contribution in [-0.2, 0) is 11.2 Å². The Hall–Kier alpha value is -2.96. The zero-order valence-electron chi connectivity index (χ0n) is 12.3. The molecule has 0 N–H and O–H groups in total. The van der Waals surface area contributed by atoms with Gasteiger partial charge >= 0.3 is 11.7 Å². The predicted molar refractivity (Wildman–Crippen MR) is 80.0 cm³/mol. The number of nitrogens with zero attached hydrogens (tertiary/aromatic N) is 1. The van der Waals surface area contributed by atoms with Gasteiger partial charge in [0.1, 0.15) is 11.6 Å². The van der Waals surface area contributed by atoms with Crippen molar-refractivity contribution in [3.05, 3.63) is 64.0 Å². The molecule has 0 unspecified atom stereocenters. The molecule has 2 aromatic carbocycles. The number of aryl methyl sites for hydroxylation is 1. The Morgan fingerprint density at radius 3 is 2.52 bits per heavy atom. The van der Waals surface area contributed by atoms with Gasteiger partial charge in [-0.05, 0) is 36.2 Å². The average Bonchev–Trinajstić information content (AvgIpc) is 2.54. The molecule has 0 bridgehead atoms. The lowest BCUT2D eigenvalue weighted by Gasteiger charge is -2.07. The van der Waals surface area contributed by atoms with Crippen LogP contribution in [0.2, 0.25) is 0 Å². The molecule has 0 saturated carbocycles. The van der Waals surface area contributed by atoms with E-state index in [9.17, 15) is 19.3 Å². The average molecular weight is 319 g/mol. The van der Waals surface area contributed by atoms with E-state index in [1.54, 1.807) is 12.1 Å². The lowest BCUT2D eigenvalue weighted by Crippen LogP contribution is -2.10. The molecule has 0 fully saturated rings.